The zero-order valence-electron chi connectivity index (χ0n) is 5.63. The second-order valence-electron chi connectivity index (χ2n) is 2.40. The molecule has 56 valence electrons. The van der Waals surface area contributed by atoms with Gasteiger partial charge in [0.25, 0.3) is 0 Å². The largest absolute Gasteiger partial charge is 0.286 e. The Balaban J connectivity index is 2.51. The van der Waals surface area contributed by atoms with E-state index < -0.39 is 0 Å². The van der Waals surface area contributed by atoms with Crippen LogP contribution in [0.25, 0.3) is 0 Å². The summed E-state index contributed by atoms with van der Waals surface area (Å²) in [5, 5.41) is 0.102. The van der Waals surface area contributed by atoms with Crippen LogP contribution in [0.2, 0.25) is 0 Å². The minimum absolute atomic E-state index is 0.102. The summed E-state index contributed by atoms with van der Waals surface area (Å²) in [5.41, 5.74) is 0.946. The zero-order chi connectivity index (χ0) is 7.84. The quantitative estimate of drug-likeness (QED) is 0.589. The lowest BCUT2D eigenvalue weighted by molar-refractivity contribution is -0.110. The molecular formula is C8H5FOS. The number of fused-ring (bicyclic) bond motifs is 1. The van der Waals surface area contributed by atoms with Gasteiger partial charge >= 0.3 is 0 Å². The summed E-state index contributed by atoms with van der Waals surface area (Å²) >= 11 is 1.13. The average Bonchev–Trinajstić information content (AvgIpc) is 2.27. The molecule has 11 heavy (non-hydrogen) atoms. The molecule has 0 amide bonds. The highest BCUT2D eigenvalue weighted by atomic mass is 32.2. The molecule has 0 aromatic heterocycles. The molecule has 0 unspecified atom stereocenters. The van der Waals surface area contributed by atoms with Crippen LogP contribution < -0.4 is 0 Å². The van der Waals surface area contributed by atoms with Crippen molar-refractivity contribution in [1.29, 1.82) is 0 Å². The van der Waals surface area contributed by atoms with Gasteiger partial charge in [-0.25, -0.2) is 4.39 Å². The van der Waals surface area contributed by atoms with Crippen molar-refractivity contribution in [2.24, 2.45) is 0 Å². The summed E-state index contributed by atoms with van der Waals surface area (Å²) < 4.78 is 12.6. The number of carbonyl (C=O) groups excluding carboxylic acids is 1. The number of carbonyl (C=O) groups is 1. The van der Waals surface area contributed by atoms with E-state index >= 15 is 0 Å². The number of thioether (sulfide) groups is 1. The Labute approximate surface area is 67.6 Å². The Morgan fingerprint density at radius 1 is 1.45 bits per heavy atom. The maximum absolute atomic E-state index is 12.6. The Bertz CT molecular complexity index is 322. The summed E-state index contributed by atoms with van der Waals surface area (Å²) in [4.78, 5) is 11.6. The topological polar surface area (TPSA) is 17.1 Å². The molecule has 2 rings (SSSR count). The molecule has 0 radical (unpaired) electrons. The van der Waals surface area contributed by atoms with Crippen LogP contribution >= 0.6 is 11.8 Å². The first-order valence-corrected chi connectivity index (χ1v) is 4.06. The standard InChI is InChI=1S/C8H5FOS/c9-6-2-1-5-3-8(10)11-7(5)4-6/h1-2,4H,3H2. The van der Waals surface area contributed by atoms with E-state index in [0.717, 1.165) is 22.2 Å². The number of hydrogen-bond donors (Lipinski definition) is 0. The van der Waals surface area contributed by atoms with E-state index in [9.17, 15) is 9.18 Å². The Morgan fingerprint density at radius 2 is 2.27 bits per heavy atom. The molecule has 0 bridgehead atoms. The molecule has 1 aliphatic heterocycles. The molecule has 1 aromatic rings. The van der Waals surface area contributed by atoms with Crippen LogP contribution in [0.1, 0.15) is 5.56 Å². The van der Waals surface area contributed by atoms with Crippen molar-refractivity contribution in [3.05, 3.63) is 29.6 Å². The molecule has 0 N–H and O–H groups in total. The van der Waals surface area contributed by atoms with Crippen LogP contribution in [0.5, 0.6) is 0 Å². The maximum Gasteiger partial charge on any atom is 0.198 e. The van der Waals surface area contributed by atoms with Gasteiger partial charge in [-0.05, 0) is 17.7 Å². The molecular weight excluding hydrogens is 163 g/mol. The van der Waals surface area contributed by atoms with Gasteiger partial charge in [0.1, 0.15) is 5.82 Å². The third-order valence-electron chi connectivity index (χ3n) is 1.59. The molecule has 0 spiro atoms. The second-order valence-corrected chi connectivity index (χ2v) is 3.50. The molecule has 0 aliphatic carbocycles. The van der Waals surface area contributed by atoms with Crippen molar-refractivity contribution < 1.29 is 9.18 Å². The molecule has 1 aromatic carbocycles. The predicted octanol–water partition coefficient (Wildman–Crippen LogP) is 2.00. The number of benzene rings is 1. The summed E-state index contributed by atoms with van der Waals surface area (Å²) in [7, 11) is 0. The first-order chi connectivity index (χ1) is 5.25. The highest BCUT2D eigenvalue weighted by molar-refractivity contribution is 8.14. The van der Waals surface area contributed by atoms with E-state index in [1.165, 1.54) is 12.1 Å². The van der Waals surface area contributed by atoms with Crippen molar-refractivity contribution >= 4 is 16.9 Å². The SMILES string of the molecule is O=C1Cc2ccc(F)cc2S1. The summed E-state index contributed by atoms with van der Waals surface area (Å²) in [6.45, 7) is 0. The van der Waals surface area contributed by atoms with Crippen LogP contribution in [0.4, 0.5) is 4.39 Å². The van der Waals surface area contributed by atoms with Crippen molar-refractivity contribution in [2.75, 3.05) is 0 Å². The number of rotatable bonds is 0. The average molecular weight is 168 g/mol. The highest BCUT2D eigenvalue weighted by Crippen LogP contribution is 2.32. The fourth-order valence-electron chi connectivity index (χ4n) is 1.08. The highest BCUT2D eigenvalue weighted by Gasteiger charge is 2.19. The minimum atomic E-state index is -0.272. The van der Waals surface area contributed by atoms with Gasteiger partial charge in [-0.1, -0.05) is 17.8 Å². The van der Waals surface area contributed by atoms with Gasteiger partial charge in [-0.3, -0.25) is 4.79 Å². The van der Waals surface area contributed by atoms with E-state index in [0.29, 0.717) is 6.42 Å². The summed E-state index contributed by atoms with van der Waals surface area (Å²) in [6.07, 6.45) is 0.445. The third kappa shape index (κ3) is 1.16. The Hall–Kier alpha value is -0.830. The normalized spacial score (nSPS) is 15.2. The van der Waals surface area contributed by atoms with Crippen molar-refractivity contribution in [3.8, 4) is 0 Å². The van der Waals surface area contributed by atoms with Crippen LogP contribution in [-0.4, -0.2) is 5.12 Å². The number of halogens is 1. The lowest BCUT2D eigenvalue weighted by Crippen LogP contribution is -1.85. The van der Waals surface area contributed by atoms with Gasteiger partial charge in [-0.15, -0.1) is 0 Å². The lowest BCUT2D eigenvalue weighted by atomic mass is 10.2. The summed E-state index contributed by atoms with van der Waals surface area (Å²) in [6, 6.07) is 4.46. The molecule has 3 heteroatoms. The maximum atomic E-state index is 12.6. The van der Waals surface area contributed by atoms with E-state index in [1.807, 2.05) is 0 Å². The van der Waals surface area contributed by atoms with Crippen molar-refractivity contribution in [3.63, 3.8) is 0 Å². The van der Waals surface area contributed by atoms with Gasteiger partial charge < -0.3 is 0 Å². The Morgan fingerprint density at radius 3 is 3.09 bits per heavy atom. The number of hydrogen-bond acceptors (Lipinski definition) is 2. The Kier molecular flexibility index (Phi) is 1.46. The van der Waals surface area contributed by atoms with Crippen LogP contribution in [0, 0.1) is 5.82 Å². The fraction of sp³-hybridized carbons (Fsp3) is 0.125. The monoisotopic (exact) mass is 168 g/mol. The van der Waals surface area contributed by atoms with Crippen molar-refractivity contribution in [2.45, 2.75) is 11.3 Å². The second kappa shape index (κ2) is 2.34. The molecule has 1 aliphatic rings. The van der Waals surface area contributed by atoms with Crippen molar-refractivity contribution in [1.82, 2.24) is 0 Å². The molecule has 0 saturated heterocycles. The molecule has 0 atom stereocenters. The van der Waals surface area contributed by atoms with Gasteiger partial charge in [-0.2, -0.15) is 0 Å². The first kappa shape index (κ1) is 6.85. The molecule has 0 saturated carbocycles. The fourth-order valence-corrected chi connectivity index (χ4v) is 2.00. The third-order valence-corrected chi connectivity index (χ3v) is 2.56. The van der Waals surface area contributed by atoms with Crippen LogP contribution in [-0.2, 0) is 11.2 Å². The minimum Gasteiger partial charge on any atom is -0.286 e. The van der Waals surface area contributed by atoms with E-state index in [4.69, 9.17) is 0 Å². The molecule has 0 fully saturated rings. The molecule has 1 nitrogen and oxygen atoms in total. The van der Waals surface area contributed by atoms with Crippen LogP contribution in [0.3, 0.4) is 0 Å². The van der Waals surface area contributed by atoms with E-state index in [1.54, 1.807) is 6.07 Å². The predicted molar refractivity (Wildman–Crippen MR) is 41.0 cm³/mol. The first-order valence-electron chi connectivity index (χ1n) is 3.25. The van der Waals surface area contributed by atoms with E-state index in [-0.39, 0.29) is 10.9 Å². The zero-order valence-corrected chi connectivity index (χ0v) is 6.45. The van der Waals surface area contributed by atoms with Gasteiger partial charge in [0.05, 0.1) is 0 Å². The van der Waals surface area contributed by atoms with Gasteiger partial charge in [0.2, 0.25) is 0 Å². The smallest absolute Gasteiger partial charge is 0.198 e. The molecule has 1 heterocycles. The van der Waals surface area contributed by atoms with Gasteiger partial charge in [0, 0.05) is 11.3 Å². The van der Waals surface area contributed by atoms with Crippen LogP contribution in [0.15, 0.2) is 23.1 Å². The summed E-state index contributed by atoms with van der Waals surface area (Å²) in [5.74, 6) is -0.272. The van der Waals surface area contributed by atoms with E-state index in [2.05, 4.69) is 0 Å². The lowest BCUT2D eigenvalue weighted by Gasteiger charge is -1.93. The van der Waals surface area contributed by atoms with Gasteiger partial charge in [0.15, 0.2) is 5.12 Å².